The molecule has 316 valence electrons. The molecule has 0 spiro atoms. The lowest BCUT2D eigenvalue weighted by Crippen LogP contribution is -2.57. The molecule has 4 N–H and O–H groups in total. The van der Waals surface area contributed by atoms with Gasteiger partial charge in [0.25, 0.3) is 0 Å². The van der Waals surface area contributed by atoms with E-state index in [2.05, 4.69) is 57.7 Å². The molecule has 4 aromatic carbocycles. The number of carbonyl (C=O) groups is 4. The minimum Gasteiger partial charge on any atom is -0.467 e. The lowest BCUT2D eigenvalue weighted by molar-refractivity contribution is -0.145. The molecule has 0 fully saturated rings. The summed E-state index contributed by atoms with van der Waals surface area (Å²) in [5, 5.41) is 12.4. The van der Waals surface area contributed by atoms with E-state index in [-0.39, 0.29) is 30.0 Å². The molecule has 0 aliphatic rings. The molecule has 0 saturated carbocycles. The lowest BCUT2D eigenvalue weighted by Gasteiger charge is -2.37. The number of methoxy groups -OCH3 is 1. The number of esters is 1. The van der Waals surface area contributed by atoms with E-state index >= 15 is 0 Å². The van der Waals surface area contributed by atoms with Crippen molar-refractivity contribution in [3.05, 3.63) is 144 Å². The molecule has 0 radical (unpaired) electrons. The zero-order chi connectivity index (χ0) is 42.8. The van der Waals surface area contributed by atoms with E-state index in [1.807, 2.05) is 105 Å². The Bertz CT molecular complexity index is 1800. The fraction of sp³-hybridized carbons (Fsp3) is 0.404. The predicted octanol–water partition coefficient (Wildman–Crippen LogP) is 7.36. The standard InChI is InChI=1S/C47H60N4O6S2/c1-33(2)40(31-48-39(30-34-20-12-8-13-21-34)42(52)49-38(28-29-58-7)44(54)56-6)50-43(53)41(51-45(55)57-46(3,4)5)32-59-47(35-22-14-9-15-23-35,36-24-16-10-17-25-36)37-26-18-11-19-27-37/h8-27,33,38-41,48H,28-32H2,1-7H3,(H,49,52)(H,50,53)(H,51,55)/t38-,39-,40+,41-/m0/s1. The van der Waals surface area contributed by atoms with Crippen LogP contribution in [0.3, 0.4) is 0 Å². The minimum absolute atomic E-state index is 0.0665. The summed E-state index contributed by atoms with van der Waals surface area (Å²) in [6.45, 7) is 9.55. The van der Waals surface area contributed by atoms with Crippen molar-refractivity contribution in [3.8, 4) is 0 Å². The average Bonchev–Trinajstić information content (AvgIpc) is 3.23. The van der Waals surface area contributed by atoms with Gasteiger partial charge in [0.15, 0.2) is 0 Å². The van der Waals surface area contributed by atoms with Crippen molar-refractivity contribution in [3.63, 3.8) is 0 Å². The Hall–Kier alpha value is -4.78. The van der Waals surface area contributed by atoms with Gasteiger partial charge in [0.1, 0.15) is 17.7 Å². The first-order chi connectivity index (χ1) is 28.3. The third-order valence-electron chi connectivity index (χ3n) is 9.74. The summed E-state index contributed by atoms with van der Waals surface area (Å²) >= 11 is 3.14. The SMILES string of the molecule is COC(=O)[C@H](CCSC)NC(=O)[C@H](Cc1ccccc1)NC[C@@H](NC(=O)[C@H](CSC(c1ccccc1)(c1ccccc1)c1ccccc1)NC(=O)OC(C)(C)C)C(C)C. The Morgan fingerprint density at radius 2 is 1.15 bits per heavy atom. The Morgan fingerprint density at radius 3 is 1.61 bits per heavy atom. The largest absolute Gasteiger partial charge is 0.467 e. The van der Waals surface area contributed by atoms with Crippen LogP contribution < -0.4 is 21.3 Å². The number of nitrogens with one attached hydrogen (secondary N) is 4. The third-order valence-corrected chi connectivity index (χ3v) is 12.0. The van der Waals surface area contributed by atoms with Crippen molar-refractivity contribution < 1.29 is 28.7 Å². The van der Waals surface area contributed by atoms with Gasteiger partial charge in [-0.15, -0.1) is 11.8 Å². The van der Waals surface area contributed by atoms with Crippen LogP contribution in [0, 0.1) is 5.92 Å². The van der Waals surface area contributed by atoms with Gasteiger partial charge in [-0.2, -0.15) is 11.8 Å². The van der Waals surface area contributed by atoms with E-state index in [1.54, 1.807) is 44.3 Å². The highest BCUT2D eigenvalue weighted by molar-refractivity contribution is 8.00. The molecule has 0 unspecified atom stereocenters. The highest BCUT2D eigenvalue weighted by Gasteiger charge is 2.39. The number of alkyl carbamates (subject to hydrolysis) is 1. The Balaban J connectivity index is 1.64. The van der Waals surface area contributed by atoms with Crippen molar-refractivity contribution >= 4 is 47.4 Å². The smallest absolute Gasteiger partial charge is 0.408 e. The molecule has 59 heavy (non-hydrogen) atoms. The topological polar surface area (TPSA) is 135 Å². The number of thioether (sulfide) groups is 2. The van der Waals surface area contributed by atoms with Gasteiger partial charge >= 0.3 is 12.1 Å². The molecule has 12 heteroatoms. The van der Waals surface area contributed by atoms with Gasteiger partial charge < -0.3 is 30.7 Å². The Labute approximate surface area is 358 Å². The monoisotopic (exact) mass is 840 g/mol. The molecule has 3 amide bonds. The van der Waals surface area contributed by atoms with Gasteiger partial charge in [0.05, 0.1) is 17.9 Å². The maximum atomic E-state index is 14.6. The van der Waals surface area contributed by atoms with Crippen LogP contribution in [0.2, 0.25) is 0 Å². The van der Waals surface area contributed by atoms with Crippen LogP contribution in [0.5, 0.6) is 0 Å². The molecule has 4 rings (SSSR count). The molecule has 0 aliphatic carbocycles. The fourth-order valence-electron chi connectivity index (χ4n) is 6.62. The maximum absolute atomic E-state index is 14.6. The average molecular weight is 841 g/mol. The summed E-state index contributed by atoms with van der Waals surface area (Å²) in [6, 6.07) is 37.1. The van der Waals surface area contributed by atoms with Crippen LogP contribution in [-0.4, -0.2) is 85.1 Å². The molecule has 0 bridgehead atoms. The van der Waals surface area contributed by atoms with Crippen molar-refractivity contribution in [2.75, 3.05) is 31.4 Å². The van der Waals surface area contributed by atoms with Crippen LogP contribution >= 0.6 is 23.5 Å². The van der Waals surface area contributed by atoms with Gasteiger partial charge in [0.2, 0.25) is 11.8 Å². The van der Waals surface area contributed by atoms with E-state index in [1.165, 1.54) is 7.11 Å². The van der Waals surface area contributed by atoms with Gasteiger partial charge in [0, 0.05) is 18.3 Å². The van der Waals surface area contributed by atoms with Gasteiger partial charge in [-0.05, 0) is 73.8 Å². The van der Waals surface area contributed by atoms with Crippen molar-refractivity contribution in [2.45, 2.75) is 82.0 Å². The second-order valence-corrected chi connectivity index (χ2v) is 17.9. The normalized spacial score (nSPS) is 13.7. The molecule has 0 saturated heterocycles. The second-order valence-electron chi connectivity index (χ2n) is 15.7. The third kappa shape index (κ3) is 14.2. The number of ether oxygens (including phenoxy) is 2. The maximum Gasteiger partial charge on any atom is 0.408 e. The Kier molecular flexibility index (Phi) is 18.4. The van der Waals surface area contributed by atoms with Crippen LogP contribution in [0.15, 0.2) is 121 Å². The van der Waals surface area contributed by atoms with Crippen molar-refractivity contribution in [2.24, 2.45) is 5.92 Å². The number of amides is 3. The van der Waals surface area contributed by atoms with E-state index in [0.717, 1.165) is 22.3 Å². The zero-order valence-corrected chi connectivity index (χ0v) is 36.9. The van der Waals surface area contributed by atoms with Crippen LogP contribution in [-0.2, 0) is 35.0 Å². The molecule has 0 aromatic heterocycles. The van der Waals surface area contributed by atoms with E-state index in [0.29, 0.717) is 18.6 Å². The number of benzene rings is 4. The summed E-state index contributed by atoms with van der Waals surface area (Å²) in [5.41, 5.74) is 3.21. The molecule has 10 nitrogen and oxygen atoms in total. The van der Waals surface area contributed by atoms with Gasteiger partial charge in [-0.1, -0.05) is 135 Å². The molecule has 4 atom stereocenters. The quantitative estimate of drug-likeness (QED) is 0.0502. The predicted molar refractivity (Wildman–Crippen MR) is 240 cm³/mol. The van der Waals surface area contributed by atoms with Crippen LogP contribution in [0.1, 0.15) is 63.3 Å². The molecular formula is C47H60N4O6S2. The lowest BCUT2D eigenvalue weighted by atomic mass is 9.84. The van der Waals surface area contributed by atoms with Crippen molar-refractivity contribution in [1.29, 1.82) is 0 Å². The first-order valence-electron chi connectivity index (χ1n) is 20.0. The van der Waals surface area contributed by atoms with Gasteiger partial charge in [-0.25, -0.2) is 9.59 Å². The summed E-state index contributed by atoms with van der Waals surface area (Å²) < 4.78 is 9.93. The number of hydrogen-bond acceptors (Lipinski definition) is 9. The molecule has 4 aromatic rings. The van der Waals surface area contributed by atoms with Crippen LogP contribution in [0.4, 0.5) is 4.79 Å². The highest BCUT2D eigenvalue weighted by atomic mass is 32.2. The second kappa shape index (κ2) is 23.1. The van der Waals surface area contributed by atoms with E-state index in [4.69, 9.17) is 9.47 Å². The number of rotatable bonds is 21. The summed E-state index contributed by atoms with van der Waals surface area (Å²) in [6.07, 6.45) is 2.01. The first kappa shape index (κ1) is 46.9. The van der Waals surface area contributed by atoms with Crippen LogP contribution in [0.25, 0.3) is 0 Å². The fourth-order valence-corrected chi connectivity index (χ4v) is 8.65. The summed E-state index contributed by atoms with van der Waals surface area (Å²) in [7, 11) is 1.31. The van der Waals surface area contributed by atoms with Crippen molar-refractivity contribution in [1.82, 2.24) is 21.3 Å². The molecular weight excluding hydrogens is 781 g/mol. The summed E-state index contributed by atoms with van der Waals surface area (Å²) in [5.74, 6) is -0.457. The highest BCUT2D eigenvalue weighted by Crippen LogP contribution is 2.48. The number of hydrogen-bond donors (Lipinski definition) is 4. The molecule has 0 aliphatic heterocycles. The first-order valence-corrected chi connectivity index (χ1v) is 22.4. The number of carbonyl (C=O) groups excluding carboxylic acids is 4. The molecule has 0 heterocycles. The van der Waals surface area contributed by atoms with E-state index < -0.39 is 46.6 Å². The zero-order valence-electron chi connectivity index (χ0n) is 35.2. The minimum atomic E-state index is -1.01. The van der Waals surface area contributed by atoms with Gasteiger partial charge in [-0.3, -0.25) is 9.59 Å². The Morgan fingerprint density at radius 1 is 0.661 bits per heavy atom. The summed E-state index contributed by atoms with van der Waals surface area (Å²) in [4.78, 5) is 54.5. The van der Waals surface area contributed by atoms with E-state index in [9.17, 15) is 19.2 Å².